The maximum Gasteiger partial charge on any atom is 0.284 e. The Morgan fingerprint density at radius 1 is 0.394 bits per heavy atom. The van der Waals surface area contributed by atoms with Crippen LogP contribution in [0.15, 0.2) is 267 Å². The second-order valence-corrected chi connectivity index (χ2v) is 18.4. The maximum atomic E-state index is 14.2. The van der Waals surface area contributed by atoms with E-state index in [0.29, 0.717) is 11.4 Å². The van der Waals surface area contributed by atoms with Crippen molar-refractivity contribution in [1.82, 2.24) is 0 Å². The molecule has 0 heterocycles. The van der Waals surface area contributed by atoms with E-state index in [9.17, 15) is 9.18 Å². The van der Waals surface area contributed by atoms with Gasteiger partial charge in [-0.3, -0.25) is 4.79 Å². The van der Waals surface area contributed by atoms with Crippen LogP contribution in [0.25, 0.3) is 33.4 Å². The first-order valence-corrected chi connectivity index (χ1v) is 24.5. The molecule has 1 aliphatic carbocycles. The van der Waals surface area contributed by atoms with Crippen molar-refractivity contribution in [3.8, 4) is 33.4 Å². The van der Waals surface area contributed by atoms with Crippen molar-refractivity contribution >= 4 is 72.0 Å². The zero-order valence-corrected chi connectivity index (χ0v) is 40.7. The lowest BCUT2D eigenvalue weighted by Gasteiger charge is -2.34. The molecule has 5 nitrogen and oxygen atoms in total. The summed E-state index contributed by atoms with van der Waals surface area (Å²) in [5, 5.41) is 5.71. The minimum absolute atomic E-state index is 0.170. The molecule has 0 fully saturated rings. The summed E-state index contributed by atoms with van der Waals surface area (Å²) in [6.07, 6.45) is 0. The third-order valence-corrected chi connectivity index (χ3v) is 13.5. The third-order valence-electron chi connectivity index (χ3n) is 13.3. The standard InChI is InChI=1S/C64H46FIN4O/c1-44(65)67-51-32-28-49(29-33-51)64(50-30-34-52(35-31-50)68-63(66)71)61-42-47(45-22-36-57(37-23-45)69(53-14-6-2-7-15-53)54-16-8-3-9-17-54)26-40-59(61)60-41-27-48(43-62(60)64)46-24-38-58(39-25-46)70(55-18-10-4-11-19-55)56-20-12-5-13-21-56/h2-43,67H,1H2,(H,68,71). The lowest BCUT2D eigenvalue weighted by molar-refractivity contribution is 0.272. The lowest BCUT2D eigenvalue weighted by atomic mass is 9.67. The van der Waals surface area contributed by atoms with E-state index in [2.05, 4.69) is 233 Å². The van der Waals surface area contributed by atoms with E-state index < -0.39 is 11.4 Å². The van der Waals surface area contributed by atoms with Crippen molar-refractivity contribution in [2.75, 3.05) is 20.4 Å². The second kappa shape index (κ2) is 19.5. The molecule has 0 spiro atoms. The average Bonchev–Trinajstić information content (AvgIpc) is 3.70. The lowest BCUT2D eigenvalue weighted by Crippen LogP contribution is -2.28. The Morgan fingerprint density at radius 2 is 0.704 bits per heavy atom. The van der Waals surface area contributed by atoms with Gasteiger partial charge < -0.3 is 20.4 Å². The molecule has 0 aliphatic heterocycles. The Bertz CT molecular complexity index is 3180. The zero-order chi connectivity index (χ0) is 48.3. The number of para-hydroxylation sites is 4. The van der Waals surface area contributed by atoms with Crippen LogP contribution in [0.5, 0.6) is 0 Å². The monoisotopic (exact) mass is 1030 g/mol. The van der Waals surface area contributed by atoms with E-state index in [1.165, 1.54) is 0 Å². The molecule has 0 saturated carbocycles. The summed E-state index contributed by atoms with van der Waals surface area (Å²) in [6, 6.07) is 89.0. The van der Waals surface area contributed by atoms with Gasteiger partial charge in [-0.1, -0.05) is 146 Å². The van der Waals surface area contributed by atoms with Crippen LogP contribution >= 0.6 is 22.6 Å². The molecule has 10 aromatic carbocycles. The van der Waals surface area contributed by atoms with Gasteiger partial charge in [-0.2, -0.15) is 4.39 Å². The molecule has 10 aromatic rings. The first-order valence-electron chi connectivity index (χ1n) is 23.4. The van der Waals surface area contributed by atoms with E-state index in [0.717, 1.165) is 89.8 Å². The Hall–Kier alpha value is -8.53. The predicted molar refractivity (Wildman–Crippen MR) is 301 cm³/mol. The van der Waals surface area contributed by atoms with Gasteiger partial charge in [0.05, 0.1) is 5.41 Å². The quantitative estimate of drug-likeness (QED) is 0.0686. The summed E-state index contributed by atoms with van der Waals surface area (Å²) in [5.74, 6) is -0.630. The highest BCUT2D eigenvalue weighted by Gasteiger charge is 2.46. The Labute approximate surface area is 427 Å². The van der Waals surface area contributed by atoms with Crippen LogP contribution in [0.3, 0.4) is 0 Å². The zero-order valence-electron chi connectivity index (χ0n) is 38.5. The van der Waals surface area contributed by atoms with Gasteiger partial charge in [0.15, 0.2) is 5.95 Å². The number of anilines is 8. The first-order chi connectivity index (χ1) is 34.8. The Balaban J connectivity index is 1.07. The molecule has 0 saturated heterocycles. The van der Waals surface area contributed by atoms with Crippen molar-refractivity contribution in [3.63, 3.8) is 0 Å². The molecule has 342 valence electrons. The first kappa shape index (κ1) is 44.9. The van der Waals surface area contributed by atoms with Crippen LogP contribution in [0.2, 0.25) is 0 Å². The molecule has 0 aromatic heterocycles. The highest BCUT2D eigenvalue weighted by Crippen LogP contribution is 2.58. The van der Waals surface area contributed by atoms with Gasteiger partial charge in [-0.05, 0) is 171 Å². The van der Waals surface area contributed by atoms with Crippen molar-refractivity contribution in [3.05, 3.63) is 290 Å². The molecule has 1 amide bonds. The van der Waals surface area contributed by atoms with Gasteiger partial charge in [-0.25, -0.2) is 0 Å². The molecule has 2 N–H and O–H groups in total. The molecular formula is C64H46FIN4O. The van der Waals surface area contributed by atoms with Crippen molar-refractivity contribution in [1.29, 1.82) is 0 Å². The number of hydrogen-bond donors (Lipinski definition) is 2. The van der Waals surface area contributed by atoms with Crippen LogP contribution in [0.1, 0.15) is 22.3 Å². The smallest absolute Gasteiger partial charge is 0.284 e. The number of hydrogen-bond acceptors (Lipinski definition) is 4. The van der Waals surface area contributed by atoms with E-state index >= 15 is 0 Å². The minimum atomic E-state index is -0.844. The van der Waals surface area contributed by atoms with E-state index in [1.807, 2.05) is 48.5 Å². The fourth-order valence-corrected chi connectivity index (χ4v) is 10.5. The van der Waals surface area contributed by atoms with Crippen molar-refractivity contribution in [2.45, 2.75) is 5.41 Å². The number of amides is 1. The van der Waals surface area contributed by atoms with Crippen molar-refractivity contribution < 1.29 is 9.18 Å². The number of nitrogens with one attached hydrogen (secondary N) is 2. The van der Waals surface area contributed by atoms with Gasteiger partial charge >= 0.3 is 0 Å². The SMILES string of the molecule is C=C(F)Nc1ccc(C2(c3ccc(NC(=O)I)cc3)c3cc(-c4ccc(N(c5ccccc5)c5ccccc5)cc4)ccc3-c3ccc(-c4ccc(N(c5ccccc5)c5ccccc5)cc4)cc32)cc1. The molecule has 11 rings (SSSR count). The molecule has 0 unspecified atom stereocenters. The summed E-state index contributed by atoms with van der Waals surface area (Å²) in [7, 11) is 0. The maximum absolute atomic E-state index is 14.2. The van der Waals surface area contributed by atoms with Crippen LogP contribution in [-0.4, -0.2) is 3.91 Å². The summed E-state index contributed by atoms with van der Waals surface area (Å²) >= 11 is 1.76. The Kier molecular flexibility index (Phi) is 12.3. The molecule has 0 atom stereocenters. The van der Waals surface area contributed by atoms with E-state index in [-0.39, 0.29) is 3.91 Å². The van der Waals surface area contributed by atoms with Crippen LogP contribution in [0, 0.1) is 0 Å². The second-order valence-electron chi connectivity index (χ2n) is 17.5. The molecular weight excluding hydrogens is 987 g/mol. The topological polar surface area (TPSA) is 47.6 Å². The van der Waals surface area contributed by atoms with Gasteiger partial charge in [0.25, 0.3) is 3.91 Å². The summed E-state index contributed by atoms with van der Waals surface area (Å²) < 4.78 is 14.0. The van der Waals surface area contributed by atoms with Crippen molar-refractivity contribution in [2.24, 2.45) is 0 Å². The van der Waals surface area contributed by atoms with Gasteiger partial charge in [0, 0.05) is 68.1 Å². The number of carbonyl (C=O) groups excluding carboxylic acids is 1. The number of carbonyl (C=O) groups is 1. The normalized spacial score (nSPS) is 12.0. The van der Waals surface area contributed by atoms with Crippen LogP contribution < -0.4 is 20.4 Å². The van der Waals surface area contributed by atoms with E-state index in [4.69, 9.17) is 0 Å². The third kappa shape index (κ3) is 8.77. The fourth-order valence-electron chi connectivity index (χ4n) is 10.2. The van der Waals surface area contributed by atoms with E-state index in [1.54, 1.807) is 22.6 Å². The number of halogens is 2. The largest absolute Gasteiger partial charge is 0.333 e. The van der Waals surface area contributed by atoms with Gasteiger partial charge in [0.2, 0.25) is 0 Å². The highest BCUT2D eigenvalue weighted by atomic mass is 127. The number of nitrogens with zero attached hydrogens (tertiary/aromatic N) is 2. The number of rotatable bonds is 13. The summed E-state index contributed by atoms with van der Waals surface area (Å²) in [5.41, 5.74) is 17.6. The van der Waals surface area contributed by atoms with Crippen LogP contribution in [-0.2, 0) is 5.41 Å². The van der Waals surface area contributed by atoms with Gasteiger partial charge in [-0.15, -0.1) is 0 Å². The molecule has 71 heavy (non-hydrogen) atoms. The Morgan fingerprint density at radius 3 is 1.03 bits per heavy atom. The molecule has 7 heteroatoms. The number of fused-ring (bicyclic) bond motifs is 3. The van der Waals surface area contributed by atoms with Crippen LogP contribution in [0.4, 0.5) is 54.7 Å². The summed E-state index contributed by atoms with van der Waals surface area (Å²) in [6.45, 7) is 3.45. The minimum Gasteiger partial charge on any atom is -0.333 e. The molecule has 1 aliphatic rings. The van der Waals surface area contributed by atoms with Gasteiger partial charge in [0.1, 0.15) is 0 Å². The molecule has 0 bridgehead atoms. The number of benzene rings is 10. The average molecular weight is 1030 g/mol. The highest BCUT2D eigenvalue weighted by molar-refractivity contribution is 14.1. The predicted octanol–water partition coefficient (Wildman–Crippen LogP) is 18.1. The fraction of sp³-hybridized carbons (Fsp3) is 0.0156. The molecule has 0 radical (unpaired) electrons. The summed E-state index contributed by atoms with van der Waals surface area (Å²) in [4.78, 5) is 16.8.